The van der Waals surface area contributed by atoms with Gasteiger partial charge in [0.15, 0.2) is 0 Å². The van der Waals surface area contributed by atoms with Gasteiger partial charge in [-0.2, -0.15) is 0 Å². The SMILES string of the molecule is Cc1cc(N2CCCCO2)ccc1[N+](=O)[O-]. The van der Waals surface area contributed by atoms with Crippen molar-refractivity contribution in [3.05, 3.63) is 33.9 Å². The molecule has 0 spiro atoms. The van der Waals surface area contributed by atoms with Gasteiger partial charge in [-0.1, -0.05) is 0 Å². The summed E-state index contributed by atoms with van der Waals surface area (Å²) in [7, 11) is 0. The number of hydroxylamine groups is 1. The fourth-order valence-electron chi connectivity index (χ4n) is 1.80. The lowest BCUT2D eigenvalue weighted by molar-refractivity contribution is -0.385. The molecule has 1 heterocycles. The number of nitro benzene ring substituents is 1. The summed E-state index contributed by atoms with van der Waals surface area (Å²) in [5.74, 6) is 0. The van der Waals surface area contributed by atoms with E-state index in [1.165, 1.54) is 6.07 Å². The molecule has 0 atom stereocenters. The second-order valence-electron chi connectivity index (χ2n) is 3.87. The molecule has 1 aliphatic rings. The Morgan fingerprint density at radius 3 is 2.81 bits per heavy atom. The topological polar surface area (TPSA) is 55.6 Å². The molecule has 0 radical (unpaired) electrons. The Morgan fingerprint density at radius 1 is 1.44 bits per heavy atom. The Bertz CT molecular complexity index is 400. The summed E-state index contributed by atoms with van der Waals surface area (Å²) in [6.45, 7) is 3.30. The molecule has 0 N–H and O–H groups in total. The molecule has 2 rings (SSSR count). The van der Waals surface area contributed by atoms with Crippen molar-refractivity contribution in [3.8, 4) is 0 Å². The third-order valence-electron chi connectivity index (χ3n) is 2.67. The third-order valence-corrected chi connectivity index (χ3v) is 2.67. The van der Waals surface area contributed by atoms with Crippen LogP contribution >= 0.6 is 0 Å². The Labute approximate surface area is 93.7 Å². The van der Waals surface area contributed by atoms with Crippen molar-refractivity contribution in [1.82, 2.24) is 0 Å². The molecule has 5 nitrogen and oxygen atoms in total. The second kappa shape index (κ2) is 4.49. The standard InChI is InChI=1S/C11H14N2O3/c1-9-8-10(4-5-11(9)13(14)15)12-6-2-3-7-16-12/h4-5,8H,2-3,6-7H2,1H3. The third kappa shape index (κ3) is 2.14. The second-order valence-corrected chi connectivity index (χ2v) is 3.87. The molecule has 86 valence electrons. The van der Waals surface area contributed by atoms with Crippen molar-refractivity contribution in [2.45, 2.75) is 19.8 Å². The highest BCUT2D eigenvalue weighted by Gasteiger charge is 2.15. The molecular formula is C11H14N2O3. The van der Waals surface area contributed by atoms with Gasteiger partial charge < -0.3 is 0 Å². The van der Waals surface area contributed by atoms with Crippen LogP contribution in [0.4, 0.5) is 11.4 Å². The first kappa shape index (κ1) is 10.9. The predicted octanol–water partition coefficient (Wildman–Crippen LogP) is 2.44. The average Bonchev–Trinajstić information content (AvgIpc) is 2.29. The lowest BCUT2D eigenvalue weighted by atomic mass is 10.1. The molecule has 0 bridgehead atoms. The monoisotopic (exact) mass is 222 g/mol. The molecule has 1 aliphatic heterocycles. The van der Waals surface area contributed by atoms with E-state index in [0.717, 1.165) is 31.7 Å². The van der Waals surface area contributed by atoms with E-state index in [4.69, 9.17) is 4.84 Å². The first-order chi connectivity index (χ1) is 7.68. The van der Waals surface area contributed by atoms with Crippen LogP contribution in [-0.4, -0.2) is 18.1 Å². The number of hydrogen-bond acceptors (Lipinski definition) is 4. The lowest BCUT2D eigenvalue weighted by Gasteiger charge is -2.27. The summed E-state index contributed by atoms with van der Waals surface area (Å²) in [6, 6.07) is 5.06. The van der Waals surface area contributed by atoms with Crippen molar-refractivity contribution >= 4 is 11.4 Å². The van der Waals surface area contributed by atoms with E-state index >= 15 is 0 Å². The maximum absolute atomic E-state index is 10.7. The highest BCUT2D eigenvalue weighted by molar-refractivity contribution is 5.54. The minimum atomic E-state index is -0.365. The maximum atomic E-state index is 10.7. The lowest BCUT2D eigenvalue weighted by Crippen LogP contribution is -2.29. The Morgan fingerprint density at radius 2 is 2.25 bits per heavy atom. The average molecular weight is 222 g/mol. The highest BCUT2D eigenvalue weighted by Crippen LogP contribution is 2.25. The number of nitrogens with zero attached hydrogens (tertiary/aromatic N) is 2. The fourth-order valence-corrected chi connectivity index (χ4v) is 1.80. The molecule has 16 heavy (non-hydrogen) atoms. The van der Waals surface area contributed by atoms with E-state index in [9.17, 15) is 10.1 Å². The van der Waals surface area contributed by atoms with Crippen molar-refractivity contribution in [2.75, 3.05) is 18.2 Å². The number of hydrogen-bond donors (Lipinski definition) is 0. The number of nitro groups is 1. The molecule has 1 aromatic rings. The van der Waals surface area contributed by atoms with E-state index < -0.39 is 0 Å². The molecule has 0 aromatic heterocycles. The first-order valence-electron chi connectivity index (χ1n) is 5.34. The van der Waals surface area contributed by atoms with Crippen LogP contribution in [0.3, 0.4) is 0 Å². The highest BCUT2D eigenvalue weighted by atomic mass is 16.7. The summed E-state index contributed by atoms with van der Waals surface area (Å²) >= 11 is 0. The zero-order valence-corrected chi connectivity index (χ0v) is 9.18. The zero-order chi connectivity index (χ0) is 11.5. The van der Waals surface area contributed by atoms with Gasteiger partial charge in [0.1, 0.15) is 0 Å². The van der Waals surface area contributed by atoms with Gasteiger partial charge in [-0.15, -0.1) is 0 Å². The van der Waals surface area contributed by atoms with Gasteiger partial charge in [0.25, 0.3) is 5.69 Å². The quantitative estimate of drug-likeness (QED) is 0.569. The molecule has 5 heteroatoms. The van der Waals surface area contributed by atoms with Gasteiger partial charge in [-0.05, 0) is 31.9 Å². The molecule has 1 saturated heterocycles. The molecule has 0 unspecified atom stereocenters. The largest absolute Gasteiger partial charge is 0.273 e. The van der Waals surface area contributed by atoms with Crippen LogP contribution in [0.15, 0.2) is 18.2 Å². The molecular weight excluding hydrogens is 208 g/mol. The van der Waals surface area contributed by atoms with Crippen LogP contribution in [-0.2, 0) is 4.84 Å². The fraction of sp³-hybridized carbons (Fsp3) is 0.455. The van der Waals surface area contributed by atoms with Crippen LogP contribution in [0.1, 0.15) is 18.4 Å². The van der Waals surface area contributed by atoms with Gasteiger partial charge in [0, 0.05) is 18.2 Å². The number of rotatable bonds is 2. The number of anilines is 1. The Kier molecular flexibility index (Phi) is 3.05. The molecule has 0 amide bonds. The van der Waals surface area contributed by atoms with Crippen LogP contribution < -0.4 is 5.06 Å². The maximum Gasteiger partial charge on any atom is 0.272 e. The molecule has 1 aromatic carbocycles. The van der Waals surface area contributed by atoms with E-state index in [1.807, 2.05) is 0 Å². The van der Waals surface area contributed by atoms with E-state index in [1.54, 1.807) is 24.1 Å². The van der Waals surface area contributed by atoms with Crippen molar-refractivity contribution < 1.29 is 9.76 Å². The van der Waals surface area contributed by atoms with Crippen molar-refractivity contribution in [1.29, 1.82) is 0 Å². The van der Waals surface area contributed by atoms with Crippen LogP contribution in [0.2, 0.25) is 0 Å². The van der Waals surface area contributed by atoms with Gasteiger partial charge in [-0.25, -0.2) is 0 Å². The summed E-state index contributed by atoms with van der Waals surface area (Å²) in [4.78, 5) is 15.8. The summed E-state index contributed by atoms with van der Waals surface area (Å²) in [5, 5.41) is 12.5. The van der Waals surface area contributed by atoms with E-state index in [-0.39, 0.29) is 10.6 Å². The van der Waals surface area contributed by atoms with Crippen LogP contribution in [0, 0.1) is 17.0 Å². The Hall–Kier alpha value is -1.62. The smallest absolute Gasteiger partial charge is 0.272 e. The van der Waals surface area contributed by atoms with Gasteiger partial charge in [0.2, 0.25) is 0 Å². The van der Waals surface area contributed by atoms with Crippen molar-refractivity contribution in [2.24, 2.45) is 0 Å². The normalized spacial score (nSPS) is 16.2. The van der Waals surface area contributed by atoms with Gasteiger partial charge in [-0.3, -0.25) is 20.0 Å². The van der Waals surface area contributed by atoms with Crippen LogP contribution in [0.5, 0.6) is 0 Å². The zero-order valence-electron chi connectivity index (χ0n) is 9.18. The van der Waals surface area contributed by atoms with Gasteiger partial charge in [0.05, 0.1) is 17.2 Å². The summed E-state index contributed by atoms with van der Waals surface area (Å²) in [5.41, 5.74) is 1.71. The van der Waals surface area contributed by atoms with Crippen molar-refractivity contribution in [3.63, 3.8) is 0 Å². The predicted molar refractivity (Wildman–Crippen MR) is 60.4 cm³/mol. The van der Waals surface area contributed by atoms with E-state index in [0.29, 0.717) is 5.56 Å². The minimum Gasteiger partial charge on any atom is -0.273 e. The molecule has 0 saturated carbocycles. The van der Waals surface area contributed by atoms with Crippen LogP contribution in [0.25, 0.3) is 0 Å². The molecule has 0 aliphatic carbocycles. The van der Waals surface area contributed by atoms with Gasteiger partial charge >= 0.3 is 0 Å². The molecule has 1 fully saturated rings. The summed E-state index contributed by atoms with van der Waals surface area (Å²) < 4.78 is 0. The summed E-state index contributed by atoms with van der Waals surface area (Å²) in [6.07, 6.45) is 2.17. The number of benzene rings is 1. The Balaban J connectivity index is 2.23. The number of aryl methyl sites for hydroxylation is 1. The first-order valence-corrected chi connectivity index (χ1v) is 5.34. The van der Waals surface area contributed by atoms with E-state index in [2.05, 4.69) is 0 Å². The minimum absolute atomic E-state index is 0.153.